The number of hydrogen-bond donors (Lipinski definition) is 3. The molecule has 0 heterocycles. The van der Waals surface area contributed by atoms with Crippen LogP contribution in [0.3, 0.4) is 0 Å². The van der Waals surface area contributed by atoms with Crippen LogP contribution in [-0.2, 0) is 0 Å². The third kappa shape index (κ3) is 1.63. The predicted octanol–water partition coefficient (Wildman–Crippen LogP) is 0.339. The molecule has 0 spiro atoms. The van der Waals surface area contributed by atoms with Gasteiger partial charge >= 0.3 is 7.12 Å². The fourth-order valence-corrected chi connectivity index (χ4v) is 1.77. The number of phenols is 1. The average molecular weight is 192 g/mol. The van der Waals surface area contributed by atoms with E-state index in [1.54, 1.807) is 12.1 Å². The summed E-state index contributed by atoms with van der Waals surface area (Å²) in [6.07, 6.45) is 3.58. The monoisotopic (exact) mass is 192 g/mol. The van der Waals surface area contributed by atoms with E-state index in [0.29, 0.717) is 5.92 Å². The standard InChI is InChI=1S/C10H13BO3/c12-10-6-8(7-2-1-3-7)4-5-9(10)11(13)14/h4-7,12-14H,1-3H2. The van der Waals surface area contributed by atoms with Crippen LogP contribution in [0.15, 0.2) is 18.2 Å². The maximum absolute atomic E-state index is 9.51. The molecule has 4 heteroatoms. The van der Waals surface area contributed by atoms with E-state index in [9.17, 15) is 5.11 Å². The van der Waals surface area contributed by atoms with Crippen LogP contribution in [0.2, 0.25) is 0 Å². The molecule has 0 radical (unpaired) electrons. The lowest BCUT2D eigenvalue weighted by atomic mass is 9.75. The van der Waals surface area contributed by atoms with Crippen molar-refractivity contribution in [2.45, 2.75) is 25.2 Å². The number of hydrogen-bond acceptors (Lipinski definition) is 3. The Morgan fingerprint density at radius 2 is 1.93 bits per heavy atom. The minimum Gasteiger partial charge on any atom is -0.508 e. The molecular formula is C10H13BO3. The molecule has 1 aromatic rings. The fourth-order valence-electron chi connectivity index (χ4n) is 1.77. The molecule has 0 atom stereocenters. The molecule has 3 nitrogen and oxygen atoms in total. The minimum absolute atomic E-state index is 0.0237. The van der Waals surface area contributed by atoms with Crippen LogP contribution in [0.5, 0.6) is 5.75 Å². The van der Waals surface area contributed by atoms with Crippen LogP contribution in [0.4, 0.5) is 0 Å². The van der Waals surface area contributed by atoms with Crippen molar-refractivity contribution in [1.29, 1.82) is 0 Å². The van der Waals surface area contributed by atoms with E-state index in [-0.39, 0.29) is 11.2 Å². The predicted molar refractivity (Wildman–Crippen MR) is 54.5 cm³/mol. The molecule has 74 valence electrons. The maximum Gasteiger partial charge on any atom is 0.492 e. The zero-order chi connectivity index (χ0) is 10.1. The van der Waals surface area contributed by atoms with Crippen molar-refractivity contribution >= 4 is 12.6 Å². The molecule has 0 aliphatic heterocycles. The van der Waals surface area contributed by atoms with Gasteiger partial charge in [0, 0.05) is 5.46 Å². The summed E-state index contributed by atoms with van der Waals surface area (Å²) in [7, 11) is -1.59. The van der Waals surface area contributed by atoms with Gasteiger partial charge in [-0.05, 0) is 30.4 Å². The molecule has 1 fully saturated rings. The van der Waals surface area contributed by atoms with Crippen molar-refractivity contribution in [1.82, 2.24) is 0 Å². The van der Waals surface area contributed by atoms with Gasteiger partial charge < -0.3 is 15.2 Å². The summed E-state index contributed by atoms with van der Waals surface area (Å²) in [4.78, 5) is 0. The lowest BCUT2D eigenvalue weighted by Gasteiger charge is -2.26. The summed E-state index contributed by atoms with van der Waals surface area (Å²) in [6.45, 7) is 0. The lowest BCUT2D eigenvalue weighted by molar-refractivity contribution is 0.411. The van der Waals surface area contributed by atoms with Crippen molar-refractivity contribution in [2.75, 3.05) is 0 Å². The van der Waals surface area contributed by atoms with Gasteiger partial charge in [0.25, 0.3) is 0 Å². The van der Waals surface area contributed by atoms with Crippen molar-refractivity contribution in [3.05, 3.63) is 23.8 Å². The van der Waals surface area contributed by atoms with E-state index in [1.807, 2.05) is 6.07 Å². The molecule has 3 N–H and O–H groups in total. The van der Waals surface area contributed by atoms with Crippen LogP contribution < -0.4 is 5.46 Å². The Balaban J connectivity index is 2.25. The summed E-state index contributed by atoms with van der Waals surface area (Å²) in [5.74, 6) is 0.523. The number of benzene rings is 1. The molecule has 2 rings (SSSR count). The Morgan fingerprint density at radius 3 is 2.36 bits per heavy atom. The summed E-state index contributed by atoms with van der Waals surface area (Å²) in [5.41, 5.74) is 1.27. The van der Waals surface area contributed by atoms with E-state index in [1.165, 1.54) is 19.3 Å². The summed E-state index contributed by atoms with van der Waals surface area (Å²) in [6, 6.07) is 5.07. The van der Waals surface area contributed by atoms with Crippen LogP contribution in [0, 0.1) is 0 Å². The Hall–Kier alpha value is -0.995. The highest BCUT2D eigenvalue weighted by Crippen LogP contribution is 2.36. The van der Waals surface area contributed by atoms with E-state index in [2.05, 4.69) is 0 Å². The van der Waals surface area contributed by atoms with Gasteiger partial charge in [-0.1, -0.05) is 18.6 Å². The molecule has 0 amide bonds. The van der Waals surface area contributed by atoms with E-state index < -0.39 is 7.12 Å². The topological polar surface area (TPSA) is 60.7 Å². The first-order valence-corrected chi connectivity index (χ1v) is 4.87. The minimum atomic E-state index is -1.59. The first kappa shape index (κ1) is 9.56. The van der Waals surface area contributed by atoms with E-state index >= 15 is 0 Å². The van der Waals surface area contributed by atoms with Crippen LogP contribution in [-0.4, -0.2) is 22.3 Å². The zero-order valence-corrected chi connectivity index (χ0v) is 7.85. The van der Waals surface area contributed by atoms with Crippen molar-refractivity contribution < 1.29 is 15.2 Å². The molecule has 1 aliphatic rings. The summed E-state index contributed by atoms with van der Waals surface area (Å²) >= 11 is 0. The Labute approximate surface area is 83.2 Å². The third-order valence-corrected chi connectivity index (χ3v) is 2.91. The smallest absolute Gasteiger partial charge is 0.492 e. The van der Waals surface area contributed by atoms with Gasteiger partial charge in [0.15, 0.2) is 0 Å². The number of rotatable bonds is 2. The van der Waals surface area contributed by atoms with E-state index in [4.69, 9.17) is 10.0 Å². The van der Waals surface area contributed by atoms with Crippen molar-refractivity contribution in [2.24, 2.45) is 0 Å². The number of aromatic hydroxyl groups is 1. The highest BCUT2D eigenvalue weighted by atomic mass is 16.4. The largest absolute Gasteiger partial charge is 0.508 e. The molecule has 1 aromatic carbocycles. The van der Waals surface area contributed by atoms with Crippen molar-refractivity contribution in [3.63, 3.8) is 0 Å². The first-order chi connectivity index (χ1) is 6.68. The van der Waals surface area contributed by atoms with E-state index in [0.717, 1.165) is 5.56 Å². The van der Waals surface area contributed by atoms with Gasteiger partial charge in [0.1, 0.15) is 5.75 Å². The van der Waals surface area contributed by atoms with Gasteiger partial charge in [-0.15, -0.1) is 0 Å². The summed E-state index contributed by atoms with van der Waals surface area (Å²) < 4.78 is 0. The molecule has 1 saturated carbocycles. The number of phenolic OH excluding ortho intramolecular Hbond substituents is 1. The first-order valence-electron chi connectivity index (χ1n) is 4.87. The Bertz CT molecular complexity index is 334. The summed E-state index contributed by atoms with van der Waals surface area (Å²) in [5, 5.41) is 27.3. The highest BCUT2D eigenvalue weighted by Gasteiger charge is 2.22. The van der Waals surface area contributed by atoms with Crippen LogP contribution in [0.25, 0.3) is 0 Å². The quantitative estimate of drug-likeness (QED) is 0.592. The molecule has 0 aromatic heterocycles. The van der Waals surface area contributed by atoms with Crippen LogP contribution in [0.1, 0.15) is 30.7 Å². The molecule has 14 heavy (non-hydrogen) atoms. The molecule has 0 saturated heterocycles. The Kier molecular flexibility index (Phi) is 2.48. The van der Waals surface area contributed by atoms with Crippen LogP contribution >= 0.6 is 0 Å². The normalized spacial score (nSPS) is 16.4. The van der Waals surface area contributed by atoms with Crippen molar-refractivity contribution in [3.8, 4) is 5.75 Å². The Morgan fingerprint density at radius 1 is 1.21 bits per heavy atom. The second kappa shape index (κ2) is 3.63. The second-order valence-electron chi connectivity index (χ2n) is 3.82. The van der Waals surface area contributed by atoms with Gasteiger partial charge in [-0.2, -0.15) is 0 Å². The van der Waals surface area contributed by atoms with Gasteiger partial charge in [-0.25, -0.2) is 0 Å². The lowest BCUT2D eigenvalue weighted by Crippen LogP contribution is -2.30. The zero-order valence-electron chi connectivity index (χ0n) is 7.85. The van der Waals surface area contributed by atoms with Gasteiger partial charge in [0.2, 0.25) is 0 Å². The third-order valence-electron chi connectivity index (χ3n) is 2.91. The highest BCUT2D eigenvalue weighted by molar-refractivity contribution is 6.59. The van der Waals surface area contributed by atoms with Gasteiger partial charge in [0.05, 0.1) is 0 Å². The second-order valence-corrected chi connectivity index (χ2v) is 3.82. The fraction of sp³-hybridized carbons (Fsp3) is 0.400. The molecule has 0 unspecified atom stereocenters. The maximum atomic E-state index is 9.51. The van der Waals surface area contributed by atoms with Gasteiger partial charge in [-0.3, -0.25) is 0 Å². The molecular weight excluding hydrogens is 179 g/mol. The molecule has 1 aliphatic carbocycles. The SMILES string of the molecule is OB(O)c1ccc(C2CCC2)cc1O. The molecule has 0 bridgehead atoms. The average Bonchev–Trinajstić information content (AvgIpc) is 2.00.